The maximum absolute atomic E-state index is 14.0. The van der Waals surface area contributed by atoms with Gasteiger partial charge >= 0.3 is 0 Å². The van der Waals surface area contributed by atoms with Gasteiger partial charge in [-0.05, 0) is 47.4 Å². The van der Waals surface area contributed by atoms with Gasteiger partial charge < -0.3 is 30.4 Å². The van der Waals surface area contributed by atoms with Gasteiger partial charge in [-0.2, -0.15) is 0 Å². The number of anilines is 1. The van der Waals surface area contributed by atoms with Crippen LogP contribution in [0.25, 0.3) is 0 Å². The third kappa shape index (κ3) is 7.10. The molecule has 4 aromatic carbocycles. The molecule has 0 aliphatic rings. The van der Waals surface area contributed by atoms with E-state index >= 15 is 0 Å². The summed E-state index contributed by atoms with van der Waals surface area (Å²) in [5.74, 6) is -0.362. The number of ether oxygens (including phenoxy) is 2. The van der Waals surface area contributed by atoms with Crippen molar-refractivity contribution < 1.29 is 23.9 Å². The molecule has 0 fully saturated rings. The van der Waals surface area contributed by atoms with Crippen molar-refractivity contribution in [1.29, 1.82) is 0 Å². The van der Waals surface area contributed by atoms with E-state index in [0.717, 1.165) is 16.7 Å². The second-order valence-electron chi connectivity index (χ2n) is 10.6. The Bertz CT molecular complexity index is 1650. The lowest BCUT2D eigenvalue weighted by Gasteiger charge is -2.37. The van der Waals surface area contributed by atoms with Crippen molar-refractivity contribution in [1.82, 2.24) is 15.6 Å². The van der Waals surface area contributed by atoms with Gasteiger partial charge in [0.1, 0.15) is 28.8 Å². The molecule has 3 amide bonds. The van der Waals surface area contributed by atoms with Crippen molar-refractivity contribution in [2.75, 3.05) is 19.5 Å². The van der Waals surface area contributed by atoms with Gasteiger partial charge in [0.15, 0.2) is 0 Å². The van der Waals surface area contributed by atoms with Crippen LogP contribution in [0.3, 0.4) is 0 Å². The number of hydrogen-bond acceptors (Lipinski definition) is 5. The highest BCUT2D eigenvalue weighted by atomic mass is 16.5. The molecule has 1 atom stereocenters. The summed E-state index contributed by atoms with van der Waals surface area (Å²) in [4.78, 5) is 43.6. The minimum atomic E-state index is -1.06. The zero-order valence-electron chi connectivity index (χ0n) is 25.7. The smallest absolute Gasteiger partial charge is 0.268 e. The van der Waals surface area contributed by atoms with E-state index in [2.05, 4.69) is 20.9 Å². The molecular formula is C37H36N4O5. The number of aromatic nitrogens is 1. The number of nitrogens with one attached hydrogen (secondary N) is 4. The van der Waals surface area contributed by atoms with Crippen LogP contribution in [-0.2, 0) is 15.1 Å². The number of amides is 3. The van der Waals surface area contributed by atoms with Crippen molar-refractivity contribution in [2.45, 2.75) is 24.4 Å². The molecule has 9 heteroatoms. The Balaban J connectivity index is 1.44. The van der Waals surface area contributed by atoms with Crippen molar-refractivity contribution in [3.63, 3.8) is 0 Å². The molecule has 4 N–H and O–H groups in total. The summed E-state index contributed by atoms with van der Waals surface area (Å²) in [7, 11) is 3.01. The van der Waals surface area contributed by atoms with Gasteiger partial charge in [0.2, 0.25) is 11.8 Å². The van der Waals surface area contributed by atoms with Crippen LogP contribution in [0.2, 0.25) is 0 Å². The predicted molar refractivity (Wildman–Crippen MR) is 177 cm³/mol. The maximum Gasteiger partial charge on any atom is 0.268 e. The van der Waals surface area contributed by atoms with Gasteiger partial charge in [-0.1, -0.05) is 91.0 Å². The summed E-state index contributed by atoms with van der Waals surface area (Å²) in [5.41, 5.74) is 2.27. The Kier molecular flexibility index (Phi) is 10.1. The minimum absolute atomic E-state index is 0.0187. The van der Waals surface area contributed by atoms with Crippen LogP contribution < -0.4 is 25.4 Å². The zero-order chi connectivity index (χ0) is 32.4. The number of rotatable bonds is 13. The molecular weight excluding hydrogens is 580 g/mol. The molecule has 0 aliphatic heterocycles. The summed E-state index contributed by atoms with van der Waals surface area (Å²) in [6.45, 7) is 0. The SMILES string of the molecule is COc1ccc(OC)c(NC(=O)[C@H](CCC(=O)NC(c2ccccc2)(c2ccccc2)c2ccccc2)NC(=O)c2ccc[nH]2)c1. The van der Waals surface area contributed by atoms with Gasteiger partial charge in [-0.25, -0.2) is 0 Å². The largest absolute Gasteiger partial charge is 0.497 e. The lowest BCUT2D eigenvalue weighted by molar-refractivity contribution is -0.123. The predicted octanol–water partition coefficient (Wildman–Crippen LogP) is 5.66. The molecule has 5 aromatic rings. The monoisotopic (exact) mass is 616 g/mol. The molecule has 9 nitrogen and oxygen atoms in total. The van der Waals surface area contributed by atoms with E-state index < -0.39 is 23.4 Å². The molecule has 0 saturated heterocycles. The maximum atomic E-state index is 14.0. The molecule has 5 rings (SSSR count). The first-order chi connectivity index (χ1) is 22.4. The Labute approximate surface area is 268 Å². The number of methoxy groups -OCH3 is 2. The minimum Gasteiger partial charge on any atom is -0.497 e. The lowest BCUT2D eigenvalue weighted by Crippen LogP contribution is -2.49. The van der Waals surface area contributed by atoms with E-state index in [1.807, 2.05) is 91.0 Å². The molecule has 0 bridgehead atoms. The average Bonchev–Trinajstić information content (AvgIpc) is 3.66. The van der Waals surface area contributed by atoms with Gasteiger partial charge in [-0.3, -0.25) is 14.4 Å². The molecule has 234 valence electrons. The van der Waals surface area contributed by atoms with E-state index in [9.17, 15) is 14.4 Å². The summed E-state index contributed by atoms with van der Waals surface area (Å²) >= 11 is 0. The molecule has 46 heavy (non-hydrogen) atoms. The fraction of sp³-hybridized carbons (Fsp3) is 0.162. The van der Waals surface area contributed by atoms with Gasteiger partial charge in [0.05, 0.1) is 19.9 Å². The molecule has 0 radical (unpaired) electrons. The van der Waals surface area contributed by atoms with Crippen LogP contribution in [0.15, 0.2) is 128 Å². The number of H-pyrrole nitrogens is 1. The lowest BCUT2D eigenvalue weighted by atomic mass is 9.77. The summed E-state index contributed by atoms with van der Waals surface area (Å²) in [5, 5.41) is 8.93. The van der Waals surface area contributed by atoms with E-state index in [0.29, 0.717) is 17.2 Å². The van der Waals surface area contributed by atoms with Crippen molar-refractivity contribution in [3.8, 4) is 11.5 Å². The highest BCUT2D eigenvalue weighted by Crippen LogP contribution is 2.37. The van der Waals surface area contributed by atoms with Crippen molar-refractivity contribution >= 4 is 23.4 Å². The molecule has 0 unspecified atom stereocenters. The van der Waals surface area contributed by atoms with Crippen LogP contribution >= 0.6 is 0 Å². The Morgan fingerprint density at radius 3 is 1.83 bits per heavy atom. The summed E-state index contributed by atoms with van der Waals surface area (Å²) in [6.07, 6.45) is 1.58. The Morgan fingerprint density at radius 1 is 0.739 bits per heavy atom. The second kappa shape index (κ2) is 14.8. The molecule has 0 spiro atoms. The van der Waals surface area contributed by atoms with Crippen LogP contribution in [0.4, 0.5) is 5.69 Å². The summed E-state index contributed by atoms with van der Waals surface area (Å²) < 4.78 is 10.7. The van der Waals surface area contributed by atoms with Gasteiger partial charge in [0, 0.05) is 18.7 Å². The number of aromatic amines is 1. The van der Waals surface area contributed by atoms with Crippen LogP contribution in [0, 0.1) is 0 Å². The zero-order valence-corrected chi connectivity index (χ0v) is 25.7. The average molecular weight is 617 g/mol. The molecule has 0 saturated carbocycles. The highest BCUT2D eigenvalue weighted by molar-refractivity contribution is 6.01. The Hall–Kier alpha value is -5.83. The fourth-order valence-electron chi connectivity index (χ4n) is 5.44. The molecule has 1 heterocycles. The van der Waals surface area contributed by atoms with E-state index in [1.54, 1.807) is 36.5 Å². The topological polar surface area (TPSA) is 122 Å². The van der Waals surface area contributed by atoms with Crippen LogP contribution in [0.5, 0.6) is 11.5 Å². The first kappa shape index (κ1) is 31.6. The quantitative estimate of drug-likeness (QED) is 0.127. The standard InChI is InChI=1S/C37H36N4O5/c1-45-29-20-22-33(46-2)32(25-29)40-36(44)31(39-35(43)30-19-12-24-38-30)21-23-34(42)41-37(26-13-6-3-7-14-26,27-15-8-4-9-16-27)28-17-10-5-11-18-28/h3-20,22,24-25,31,38H,21,23H2,1-2H3,(H,39,43)(H,40,44)(H,41,42)/t31-/m0/s1. The van der Waals surface area contributed by atoms with Crippen LogP contribution in [-0.4, -0.2) is 43.0 Å². The van der Waals surface area contributed by atoms with Gasteiger partial charge in [-0.15, -0.1) is 0 Å². The van der Waals surface area contributed by atoms with Gasteiger partial charge in [0.25, 0.3) is 5.91 Å². The fourth-order valence-corrected chi connectivity index (χ4v) is 5.44. The number of benzene rings is 4. The molecule has 0 aliphatic carbocycles. The van der Waals surface area contributed by atoms with Crippen LogP contribution in [0.1, 0.15) is 40.0 Å². The third-order valence-electron chi connectivity index (χ3n) is 7.74. The first-order valence-corrected chi connectivity index (χ1v) is 14.9. The number of carbonyl (C=O) groups is 3. The summed E-state index contributed by atoms with van der Waals surface area (Å²) in [6, 6.07) is 36.5. The van der Waals surface area contributed by atoms with Crippen molar-refractivity contribution in [3.05, 3.63) is 150 Å². The second-order valence-corrected chi connectivity index (χ2v) is 10.6. The third-order valence-corrected chi connectivity index (χ3v) is 7.74. The van der Waals surface area contributed by atoms with E-state index in [4.69, 9.17) is 9.47 Å². The first-order valence-electron chi connectivity index (χ1n) is 14.9. The molecule has 1 aromatic heterocycles. The number of carbonyl (C=O) groups excluding carboxylic acids is 3. The number of hydrogen-bond donors (Lipinski definition) is 4. The Morgan fingerprint density at radius 2 is 1.33 bits per heavy atom. The highest BCUT2D eigenvalue weighted by Gasteiger charge is 2.38. The normalized spacial score (nSPS) is 11.6. The van der Waals surface area contributed by atoms with Crippen molar-refractivity contribution in [2.24, 2.45) is 0 Å². The van der Waals surface area contributed by atoms with E-state index in [-0.39, 0.29) is 24.4 Å². The van der Waals surface area contributed by atoms with E-state index in [1.165, 1.54) is 14.2 Å².